The van der Waals surface area contributed by atoms with E-state index < -0.39 is 0 Å². The minimum atomic E-state index is -0.00858. The Balaban J connectivity index is 1.60. The monoisotopic (exact) mass is 372 g/mol. The lowest BCUT2D eigenvalue weighted by Crippen LogP contribution is -2.40. The summed E-state index contributed by atoms with van der Waals surface area (Å²) < 4.78 is 5.60. The van der Waals surface area contributed by atoms with Crippen LogP contribution in [-0.4, -0.2) is 30.5 Å². The van der Waals surface area contributed by atoms with Gasteiger partial charge in [-0.2, -0.15) is 0 Å². The van der Waals surface area contributed by atoms with E-state index in [0.29, 0.717) is 6.61 Å². The SMILES string of the molecule is CCOc1ccccc1NC(=O)[C@H]1CCCN(Cc2ccc(Cl)cc2)C1. The van der Waals surface area contributed by atoms with Crippen LogP contribution in [0.5, 0.6) is 5.75 Å². The lowest BCUT2D eigenvalue weighted by molar-refractivity contribution is -0.121. The molecule has 0 unspecified atom stereocenters. The third kappa shape index (κ3) is 4.99. The quantitative estimate of drug-likeness (QED) is 0.806. The van der Waals surface area contributed by atoms with Gasteiger partial charge in [-0.25, -0.2) is 0 Å². The molecule has 0 aliphatic carbocycles. The summed E-state index contributed by atoms with van der Waals surface area (Å²) in [6.07, 6.45) is 1.94. The predicted octanol–water partition coefficient (Wildman–Crippen LogP) is 4.59. The van der Waals surface area contributed by atoms with Gasteiger partial charge in [-0.1, -0.05) is 35.9 Å². The van der Waals surface area contributed by atoms with Crippen LogP contribution in [0.25, 0.3) is 0 Å². The molecule has 1 amide bonds. The summed E-state index contributed by atoms with van der Waals surface area (Å²) in [6.45, 7) is 5.14. The van der Waals surface area contributed by atoms with Crippen LogP contribution in [-0.2, 0) is 11.3 Å². The van der Waals surface area contributed by atoms with E-state index in [0.717, 1.165) is 48.9 Å². The maximum atomic E-state index is 12.8. The van der Waals surface area contributed by atoms with E-state index in [4.69, 9.17) is 16.3 Å². The van der Waals surface area contributed by atoms with Crippen molar-refractivity contribution in [2.45, 2.75) is 26.3 Å². The first-order chi connectivity index (χ1) is 12.7. The molecule has 2 aromatic carbocycles. The first-order valence-corrected chi connectivity index (χ1v) is 9.53. The second-order valence-corrected chi connectivity index (χ2v) is 7.06. The first-order valence-electron chi connectivity index (χ1n) is 9.15. The van der Waals surface area contributed by atoms with Crippen LogP contribution in [0.4, 0.5) is 5.69 Å². The van der Waals surface area contributed by atoms with E-state index in [9.17, 15) is 4.79 Å². The highest BCUT2D eigenvalue weighted by atomic mass is 35.5. The molecule has 26 heavy (non-hydrogen) atoms. The number of para-hydroxylation sites is 2. The molecule has 2 aromatic rings. The zero-order valence-corrected chi connectivity index (χ0v) is 15.8. The van der Waals surface area contributed by atoms with Gasteiger partial charge >= 0.3 is 0 Å². The van der Waals surface area contributed by atoms with Crippen molar-refractivity contribution in [2.24, 2.45) is 5.92 Å². The van der Waals surface area contributed by atoms with Crippen LogP contribution in [0, 0.1) is 5.92 Å². The van der Waals surface area contributed by atoms with Gasteiger partial charge < -0.3 is 10.1 Å². The predicted molar refractivity (Wildman–Crippen MR) is 106 cm³/mol. The Bertz CT molecular complexity index is 733. The Morgan fingerprint density at radius 3 is 2.77 bits per heavy atom. The molecule has 1 aliphatic rings. The molecule has 1 N–H and O–H groups in total. The van der Waals surface area contributed by atoms with Gasteiger partial charge in [-0.3, -0.25) is 9.69 Å². The molecule has 3 rings (SSSR count). The van der Waals surface area contributed by atoms with Gasteiger partial charge in [-0.05, 0) is 56.1 Å². The van der Waals surface area contributed by atoms with Crippen LogP contribution < -0.4 is 10.1 Å². The van der Waals surface area contributed by atoms with Gasteiger partial charge in [0.05, 0.1) is 18.2 Å². The van der Waals surface area contributed by atoms with E-state index in [-0.39, 0.29) is 11.8 Å². The summed E-state index contributed by atoms with van der Waals surface area (Å²) >= 11 is 5.95. The number of amides is 1. The fraction of sp³-hybridized carbons (Fsp3) is 0.381. The van der Waals surface area contributed by atoms with Crippen molar-refractivity contribution in [2.75, 3.05) is 25.0 Å². The highest BCUT2D eigenvalue weighted by molar-refractivity contribution is 6.30. The summed E-state index contributed by atoms with van der Waals surface area (Å²) in [6, 6.07) is 15.5. The summed E-state index contributed by atoms with van der Waals surface area (Å²) in [4.78, 5) is 15.1. The van der Waals surface area contributed by atoms with E-state index in [2.05, 4.69) is 10.2 Å². The molecule has 0 spiro atoms. The zero-order valence-electron chi connectivity index (χ0n) is 15.1. The number of nitrogens with one attached hydrogen (secondary N) is 1. The number of likely N-dealkylation sites (tertiary alicyclic amines) is 1. The normalized spacial score (nSPS) is 17.7. The van der Waals surface area contributed by atoms with Gasteiger partial charge in [-0.15, -0.1) is 0 Å². The van der Waals surface area contributed by atoms with Crippen LogP contribution in [0.1, 0.15) is 25.3 Å². The Hall–Kier alpha value is -2.04. The van der Waals surface area contributed by atoms with E-state index >= 15 is 0 Å². The second-order valence-electron chi connectivity index (χ2n) is 6.62. The minimum Gasteiger partial charge on any atom is -0.492 e. The lowest BCUT2D eigenvalue weighted by Gasteiger charge is -2.32. The second kappa shape index (κ2) is 9.06. The molecular formula is C21H25ClN2O2. The Morgan fingerprint density at radius 1 is 1.23 bits per heavy atom. The summed E-state index contributed by atoms with van der Waals surface area (Å²) in [5, 5.41) is 3.80. The number of nitrogens with zero attached hydrogens (tertiary/aromatic N) is 1. The van der Waals surface area contributed by atoms with Gasteiger partial charge in [0.1, 0.15) is 5.75 Å². The number of piperidine rings is 1. The number of anilines is 1. The largest absolute Gasteiger partial charge is 0.492 e. The van der Waals surface area contributed by atoms with Crippen molar-refractivity contribution in [3.05, 3.63) is 59.1 Å². The van der Waals surface area contributed by atoms with Crippen molar-refractivity contribution in [3.63, 3.8) is 0 Å². The zero-order chi connectivity index (χ0) is 18.4. The third-order valence-corrected chi connectivity index (χ3v) is 4.89. The average Bonchev–Trinajstić information content (AvgIpc) is 2.66. The molecule has 1 heterocycles. The molecule has 5 heteroatoms. The minimum absolute atomic E-state index is 0.00858. The molecule has 0 aromatic heterocycles. The van der Waals surface area contributed by atoms with Crippen molar-refractivity contribution < 1.29 is 9.53 Å². The number of carbonyl (C=O) groups is 1. The molecule has 4 nitrogen and oxygen atoms in total. The molecule has 138 valence electrons. The fourth-order valence-electron chi connectivity index (χ4n) is 3.35. The van der Waals surface area contributed by atoms with Crippen LogP contribution in [0.2, 0.25) is 5.02 Å². The maximum Gasteiger partial charge on any atom is 0.228 e. The number of hydrogen-bond donors (Lipinski definition) is 1. The van der Waals surface area contributed by atoms with Crippen LogP contribution in [0.3, 0.4) is 0 Å². The first kappa shape index (κ1) is 18.7. The number of benzene rings is 2. The molecule has 1 atom stereocenters. The molecule has 0 saturated carbocycles. The highest BCUT2D eigenvalue weighted by Gasteiger charge is 2.26. The number of carbonyl (C=O) groups excluding carboxylic acids is 1. The standard InChI is InChI=1S/C21H25ClN2O2/c1-2-26-20-8-4-3-7-19(20)23-21(25)17-6-5-13-24(15-17)14-16-9-11-18(22)12-10-16/h3-4,7-12,17H,2,5-6,13-15H2,1H3,(H,23,25)/t17-/m0/s1. The maximum absolute atomic E-state index is 12.8. The summed E-state index contributed by atoms with van der Waals surface area (Å²) in [5.41, 5.74) is 1.96. The van der Waals surface area contributed by atoms with Gasteiger partial charge in [0, 0.05) is 18.1 Å². The smallest absolute Gasteiger partial charge is 0.228 e. The van der Waals surface area contributed by atoms with E-state index in [1.807, 2.05) is 55.5 Å². The highest BCUT2D eigenvalue weighted by Crippen LogP contribution is 2.26. The Labute approximate surface area is 160 Å². The average molecular weight is 373 g/mol. The van der Waals surface area contributed by atoms with Gasteiger partial charge in [0.15, 0.2) is 0 Å². The Kier molecular flexibility index (Phi) is 6.53. The van der Waals surface area contributed by atoms with E-state index in [1.165, 1.54) is 5.56 Å². The summed E-state index contributed by atoms with van der Waals surface area (Å²) in [5.74, 6) is 0.779. The Morgan fingerprint density at radius 2 is 2.00 bits per heavy atom. The van der Waals surface area contributed by atoms with Crippen molar-refractivity contribution in [1.82, 2.24) is 4.90 Å². The van der Waals surface area contributed by atoms with Crippen LogP contribution in [0.15, 0.2) is 48.5 Å². The topological polar surface area (TPSA) is 41.6 Å². The molecule has 0 radical (unpaired) electrons. The number of halogens is 1. The van der Waals surface area contributed by atoms with E-state index in [1.54, 1.807) is 0 Å². The summed E-state index contributed by atoms with van der Waals surface area (Å²) in [7, 11) is 0. The van der Waals surface area contributed by atoms with Crippen molar-refractivity contribution in [3.8, 4) is 5.75 Å². The van der Waals surface area contributed by atoms with Crippen molar-refractivity contribution in [1.29, 1.82) is 0 Å². The molecule has 0 bridgehead atoms. The number of rotatable bonds is 6. The van der Waals surface area contributed by atoms with Crippen molar-refractivity contribution >= 4 is 23.2 Å². The molecule has 1 saturated heterocycles. The fourth-order valence-corrected chi connectivity index (χ4v) is 3.47. The lowest BCUT2D eigenvalue weighted by atomic mass is 9.96. The number of ether oxygens (including phenoxy) is 1. The third-order valence-electron chi connectivity index (χ3n) is 4.64. The van der Waals surface area contributed by atoms with Gasteiger partial charge in [0.25, 0.3) is 0 Å². The van der Waals surface area contributed by atoms with Gasteiger partial charge in [0.2, 0.25) is 5.91 Å². The molecule has 1 fully saturated rings. The molecular weight excluding hydrogens is 348 g/mol. The molecule has 1 aliphatic heterocycles. The van der Waals surface area contributed by atoms with Crippen LogP contribution >= 0.6 is 11.6 Å². The number of hydrogen-bond acceptors (Lipinski definition) is 3.